The summed E-state index contributed by atoms with van der Waals surface area (Å²) in [5.41, 5.74) is 3.54. The lowest BCUT2D eigenvalue weighted by Crippen LogP contribution is -2.06. The summed E-state index contributed by atoms with van der Waals surface area (Å²) in [4.78, 5) is 15.2. The van der Waals surface area contributed by atoms with Crippen molar-refractivity contribution in [2.24, 2.45) is 0 Å². The van der Waals surface area contributed by atoms with Crippen molar-refractivity contribution in [3.05, 3.63) is 47.2 Å². The lowest BCUT2D eigenvalue weighted by Gasteiger charge is -2.06. The van der Waals surface area contributed by atoms with E-state index in [1.54, 1.807) is 17.1 Å². The largest absolute Gasteiger partial charge is 0.361 e. The van der Waals surface area contributed by atoms with Crippen LogP contribution in [0.4, 0.5) is 0 Å². The number of carbonyl (C=O) groups excluding carboxylic acids is 1. The summed E-state index contributed by atoms with van der Waals surface area (Å²) in [6, 6.07) is 3.63. The van der Waals surface area contributed by atoms with E-state index in [-0.39, 0.29) is 0 Å². The number of aldehydes is 1. The van der Waals surface area contributed by atoms with Crippen LogP contribution in [0.15, 0.2) is 29.0 Å². The van der Waals surface area contributed by atoms with Gasteiger partial charge in [-0.2, -0.15) is 0 Å². The number of rotatable bonds is 4. The summed E-state index contributed by atoms with van der Waals surface area (Å²) in [5.74, 6) is 0.733. The van der Waals surface area contributed by atoms with E-state index >= 15 is 0 Å². The number of pyridine rings is 1. The number of hydrogen-bond donors (Lipinski definition) is 0. The first-order valence-electron chi connectivity index (χ1n) is 6.41. The summed E-state index contributed by atoms with van der Waals surface area (Å²) in [6.45, 7) is 4.16. The number of nitrogens with zero attached hydrogens (tertiary/aromatic N) is 5. The molecule has 0 aliphatic carbocycles. The van der Waals surface area contributed by atoms with E-state index in [9.17, 15) is 4.79 Å². The molecule has 0 radical (unpaired) electrons. The van der Waals surface area contributed by atoms with Gasteiger partial charge in [0.1, 0.15) is 5.76 Å². The Morgan fingerprint density at radius 1 is 1.29 bits per heavy atom. The van der Waals surface area contributed by atoms with Crippen molar-refractivity contribution >= 4 is 6.29 Å². The molecule has 0 spiro atoms. The third-order valence-electron chi connectivity index (χ3n) is 3.32. The van der Waals surface area contributed by atoms with Gasteiger partial charge in [-0.1, -0.05) is 10.4 Å². The van der Waals surface area contributed by atoms with Gasteiger partial charge in [0, 0.05) is 23.5 Å². The minimum absolute atomic E-state index is 0.299. The predicted octanol–water partition coefficient (Wildman–Crippen LogP) is 1.81. The van der Waals surface area contributed by atoms with Crippen molar-refractivity contribution in [2.75, 3.05) is 0 Å². The van der Waals surface area contributed by atoms with Crippen LogP contribution in [0.1, 0.15) is 27.5 Å². The second-order valence-electron chi connectivity index (χ2n) is 4.64. The van der Waals surface area contributed by atoms with Gasteiger partial charge in [-0.25, -0.2) is 4.68 Å². The molecule has 7 heteroatoms. The van der Waals surface area contributed by atoms with Gasteiger partial charge in [0.2, 0.25) is 0 Å². The van der Waals surface area contributed by atoms with Gasteiger partial charge in [0.25, 0.3) is 0 Å². The summed E-state index contributed by atoms with van der Waals surface area (Å²) in [7, 11) is 0. The molecule has 0 atom stereocenters. The van der Waals surface area contributed by atoms with Crippen molar-refractivity contribution in [1.82, 2.24) is 25.1 Å². The molecular formula is C14H13N5O2. The average Bonchev–Trinajstić information content (AvgIpc) is 3.06. The molecule has 3 aromatic rings. The Bertz CT molecular complexity index is 757. The number of aryl methyl sites for hydroxylation is 2. The van der Waals surface area contributed by atoms with Crippen molar-refractivity contribution in [1.29, 1.82) is 0 Å². The maximum absolute atomic E-state index is 11.2. The lowest BCUT2D eigenvalue weighted by molar-refractivity contribution is 0.111. The maximum atomic E-state index is 11.2. The standard InChI is InChI=1S/C14H13N5O2/c1-9-12(10(2)21-17-9)7-19-14(13(8-20)16-18-19)11-3-5-15-6-4-11/h3-6,8H,7H2,1-2H3. The Hall–Kier alpha value is -2.83. The van der Waals surface area contributed by atoms with E-state index in [4.69, 9.17) is 4.52 Å². The molecule has 3 heterocycles. The van der Waals surface area contributed by atoms with E-state index in [2.05, 4.69) is 20.5 Å². The van der Waals surface area contributed by atoms with Crippen molar-refractivity contribution in [2.45, 2.75) is 20.4 Å². The smallest absolute Gasteiger partial charge is 0.172 e. The van der Waals surface area contributed by atoms with Crippen LogP contribution in [0, 0.1) is 13.8 Å². The first-order chi connectivity index (χ1) is 10.2. The molecule has 0 saturated carbocycles. The SMILES string of the molecule is Cc1noc(C)c1Cn1nnc(C=O)c1-c1ccncc1. The zero-order valence-electron chi connectivity index (χ0n) is 11.6. The third-order valence-corrected chi connectivity index (χ3v) is 3.32. The van der Waals surface area contributed by atoms with Crippen LogP contribution < -0.4 is 0 Å². The van der Waals surface area contributed by atoms with Crippen LogP contribution in [0.2, 0.25) is 0 Å². The van der Waals surface area contributed by atoms with Gasteiger partial charge in [0.15, 0.2) is 12.0 Å². The molecule has 0 aromatic carbocycles. The zero-order valence-corrected chi connectivity index (χ0v) is 11.6. The molecule has 0 N–H and O–H groups in total. The molecule has 21 heavy (non-hydrogen) atoms. The maximum Gasteiger partial charge on any atom is 0.172 e. The second-order valence-corrected chi connectivity index (χ2v) is 4.64. The minimum Gasteiger partial charge on any atom is -0.361 e. The van der Waals surface area contributed by atoms with Gasteiger partial charge in [-0.3, -0.25) is 9.78 Å². The van der Waals surface area contributed by atoms with Crippen LogP contribution in [-0.2, 0) is 6.54 Å². The highest BCUT2D eigenvalue weighted by Gasteiger charge is 2.17. The van der Waals surface area contributed by atoms with Crippen molar-refractivity contribution < 1.29 is 9.32 Å². The van der Waals surface area contributed by atoms with E-state index in [1.165, 1.54) is 0 Å². The molecular weight excluding hydrogens is 270 g/mol. The van der Waals surface area contributed by atoms with Gasteiger partial charge >= 0.3 is 0 Å². The highest BCUT2D eigenvalue weighted by molar-refractivity contribution is 5.83. The van der Waals surface area contributed by atoms with Crippen molar-refractivity contribution in [3.63, 3.8) is 0 Å². The van der Waals surface area contributed by atoms with E-state index < -0.39 is 0 Å². The number of aromatic nitrogens is 5. The highest BCUT2D eigenvalue weighted by atomic mass is 16.5. The average molecular weight is 283 g/mol. The topological polar surface area (TPSA) is 86.7 Å². The molecule has 0 bridgehead atoms. The monoisotopic (exact) mass is 283 g/mol. The fourth-order valence-corrected chi connectivity index (χ4v) is 2.20. The Morgan fingerprint density at radius 2 is 2.05 bits per heavy atom. The first-order valence-corrected chi connectivity index (χ1v) is 6.41. The Kier molecular flexibility index (Phi) is 3.31. The lowest BCUT2D eigenvalue weighted by atomic mass is 10.1. The molecule has 0 saturated heterocycles. The Morgan fingerprint density at radius 3 is 2.67 bits per heavy atom. The fourth-order valence-electron chi connectivity index (χ4n) is 2.20. The van der Waals surface area contributed by atoms with Crippen LogP contribution in [-0.4, -0.2) is 31.4 Å². The van der Waals surface area contributed by atoms with Crippen LogP contribution in [0.5, 0.6) is 0 Å². The summed E-state index contributed by atoms with van der Waals surface area (Å²) in [6.07, 6.45) is 4.03. The van der Waals surface area contributed by atoms with Crippen molar-refractivity contribution in [3.8, 4) is 11.3 Å². The molecule has 0 unspecified atom stereocenters. The highest BCUT2D eigenvalue weighted by Crippen LogP contribution is 2.23. The third kappa shape index (κ3) is 2.33. The minimum atomic E-state index is 0.299. The molecule has 3 rings (SSSR count). The molecule has 106 valence electrons. The molecule has 0 aliphatic heterocycles. The van der Waals surface area contributed by atoms with Crippen LogP contribution in [0.3, 0.4) is 0 Å². The van der Waals surface area contributed by atoms with E-state index in [1.807, 2.05) is 26.0 Å². The first kappa shape index (κ1) is 13.2. The predicted molar refractivity (Wildman–Crippen MR) is 73.7 cm³/mol. The molecule has 0 amide bonds. The van der Waals surface area contributed by atoms with Crippen LogP contribution >= 0.6 is 0 Å². The van der Waals surface area contributed by atoms with Gasteiger partial charge in [-0.15, -0.1) is 5.10 Å². The normalized spacial score (nSPS) is 10.8. The summed E-state index contributed by atoms with van der Waals surface area (Å²) in [5, 5.41) is 11.9. The molecule has 0 aliphatic rings. The van der Waals surface area contributed by atoms with Gasteiger partial charge < -0.3 is 4.52 Å². The fraction of sp³-hybridized carbons (Fsp3) is 0.214. The van der Waals surface area contributed by atoms with Gasteiger partial charge in [0.05, 0.1) is 17.9 Å². The second kappa shape index (κ2) is 5.28. The van der Waals surface area contributed by atoms with E-state index in [0.29, 0.717) is 24.2 Å². The Labute approximate surface area is 120 Å². The zero-order chi connectivity index (χ0) is 14.8. The molecule has 3 aromatic heterocycles. The number of carbonyl (C=O) groups is 1. The van der Waals surface area contributed by atoms with E-state index in [0.717, 1.165) is 22.6 Å². The number of hydrogen-bond acceptors (Lipinski definition) is 6. The quantitative estimate of drug-likeness (QED) is 0.679. The Balaban J connectivity index is 2.08. The molecule has 7 nitrogen and oxygen atoms in total. The molecule has 0 fully saturated rings. The van der Waals surface area contributed by atoms with Gasteiger partial charge in [-0.05, 0) is 26.0 Å². The summed E-state index contributed by atoms with van der Waals surface area (Å²) < 4.78 is 6.83. The van der Waals surface area contributed by atoms with Crippen LogP contribution in [0.25, 0.3) is 11.3 Å². The summed E-state index contributed by atoms with van der Waals surface area (Å²) >= 11 is 0.